The van der Waals surface area contributed by atoms with Crippen LogP contribution in [0.15, 0.2) is 18.2 Å². The molecule has 0 aromatic heterocycles. The number of nitro groups is 2. The number of carbonyl (C=O) groups excluding carboxylic acids is 2. The molecule has 1 saturated heterocycles. The van der Waals surface area contributed by atoms with Gasteiger partial charge < -0.3 is 4.90 Å². The van der Waals surface area contributed by atoms with Gasteiger partial charge in [-0.25, -0.2) is 0 Å². The normalized spacial score (nSPS) is 17.6. The lowest BCUT2D eigenvalue weighted by molar-refractivity contribution is -0.394. The molecule has 1 aliphatic rings. The first-order valence-corrected chi connectivity index (χ1v) is 7.07. The number of thioether (sulfide) groups is 1. The highest BCUT2D eigenvalue weighted by molar-refractivity contribution is 8.14. The molecule has 0 bridgehead atoms. The lowest BCUT2D eigenvalue weighted by atomic mass is 10.2. The molecule has 0 spiro atoms. The van der Waals surface area contributed by atoms with Crippen molar-refractivity contribution in [3.8, 4) is 0 Å². The molecule has 1 amide bonds. The summed E-state index contributed by atoms with van der Waals surface area (Å²) < 4.78 is 0. The average Bonchev–Trinajstić information content (AvgIpc) is 2.78. The van der Waals surface area contributed by atoms with Crippen LogP contribution in [0.2, 0.25) is 0 Å². The van der Waals surface area contributed by atoms with Crippen LogP contribution in [0.25, 0.3) is 0 Å². The van der Waals surface area contributed by atoms with E-state index in [4.69, 9.17) is 0 Å². The lowest BCUT2D eigenvalue weighted by Gasteiger charge is -2.16. The zero-order chi connectivity index (χ0) is 16.4. The molecule has 0 saturated carbocycles. The third-order valence-electron chi connectivity index (χ3n) is 3.04. The molecule has 22 heavy (non-hydrogen) atoms. The minimum absolute atomic E-state index is 0.0950. The van der Waals surface area contributed by atoms with Gasteiger partial charge in [0.1, 0.15) is 0 Å². The first-order valence-electron chi connectivity index (χ1n) is 6.19. The molecule has 10 heteroatoms. The van der Waals surface area contributed by atoms with Crippen molar-refractivity contribution in [1.82, 2.24) is 0 Å². The van der Waals surface area contributed by atoms with Crippen LogP contribution in [-0.4, -0.2) is 32.7 Å². The summed E-state index contributed by atoms with van der Waals surface area (Å²) in [4.78, 5) is 44.5. The number of nitro benzene ring substituents is 2. The topological polar surface area (TPSA) is 124 Å². The zero-order valence-electron chi connectivity index (χ0n) is 11.4. The van der Waals surface area contributed by atoms with Gasteiger partial charge in [-0.1, -0.05) is 11.8 Å². The number of hydrogen-bond donors (Lipinski definition) is 0. The van der Waals surface area contributed by atoms with Crippen LogP contribution in [0.3, 0.4) is 0 Å². The summed E-state index contributed by atoms with van der Waals surface area (Å²) >= 11 is 1.02. The number of non-ortho nitro benzene ring substituents is 2. The van der Waals surface area contributed by atoms with Crippen molar-refractivity contribution in [1.29, 1.82) is 0 Å². The van der Waals surface area contributed by atoms with Gasteiger partial charge in [0.2, 0.25) is 5.91 Å². The van der Waals surface area contributed by atoms with Crippen molar-refractivity contribution in [2.75, 3.05) is 11.4 Å². The number of carbonyl (C=O) groups is 2. The monoisotopic (exact) mass is 325 g/mol. The Labute approximate surface area is 128 Å². The average molecular weight is 325 g/mol. The maximum atomic E-state index is 12.0. The smallest absolute Gasteiger partial charge is 0.278 e. The highest BCUT2D eigenvalue weighted by Gasteiger charge is 2.33. The van der Waals surface area contributed by atoms with Crippen molar-refractivity contribution in [2.45, 2.75) is 18.6 Å². The molecule has 1 atom stereocenters. The van der Waals surface area contributed by atoms with Crippen LogP contribution in [0.4, 0.5) is 17.1 Å². The summed E-state index contributed by atoms with van der Waals surface area (Å²) in [6.07, 6.45) is 0.112. The van der Waals surface area contributed by atoms with Crippen molar-refractivity contribution in [2.24, 2.45) is 0 Å². The number of nitrogens with zero attached hydrogens (tertiary/aromatic N) is 3. The van der Waals surface area contributed by atoms with Crippen molar-refractivity contribution in [3.63, 3.8) is 0 Å². The summed E-state index contributed by atoms with van der Waals surface area (Å²) in [6.45, 7) is 1.57. The Balaban J connectivity index is 2.35. The Morgan fingerprint density at radius 1 is 1.23 bits per heavy atom. The molecule has 1 aromatic carbocycles. The van der Waals surface area contributed by atoms with Crippen LogP contribution >= 0.6 is 11.8 Å². The van der Waals surface area contributed by atoms with Gasteiger partial charge in [-0.15, -0.1) is 0 Å². The number of hydrogen-bond acceptors (Lipinski definition) is 7. The van der Waals surface area contributed by atoms with Crippen LogP contribution in [0.5, 0.6) is 0 Å². The Morgan fingerprint density at radius 2 is 1.77 bits per heavy atom. The number of rotatable bonds is 4. The number of amides is 1. The van der Waals surface area contributed by atoms with E-state index in [1.807, 2.05) is 0 Å². The SMILES string of the molecule is CC(=O)SC1CC(=O)N(c2cc([N+](=O)[O-])cc([N+](=O)[O-])c2)C1. The first-order chi connectivity index (χ1) is 10.3. The van der Waals surface area contributed by atoms with Gasteiger partial charge in [-0.2, -0.15) is 0 Å². The fourth-order valence-electron chi connectivity index (χ4n) is 2.18. The third kappa shape index (κ3) is 3.39. The zero-order valence-corrected chi connectivity index (χ0v) is 12.2. The standard InChI is InChI=1S/C12H11N3O6S/c1-7(16)22-11-5-12(17)13(6-11)8-2-9(14(18)19)4-10(3-8)15(20)21/h2-4,11H,5-6H2,1H3. The van der Waals surface area contributed by atoms with Crippen LogP contribution in [0.1, 0.15) is 13.3 Å². The molecule has 1 aromatic rings. The van der Waals surface area contributed by atoms with Crippen LogP contribution < -0.4 is 4.90 Å². The predicted molar refractivity (Wildman–Crippen MR) is 78.8 cm³/mol. The van der Waals surface area contributed by atoms with E-state index >= 15 is 0 Å². The number of anilines is 1. The Morgan fingerprint density at radius 3 is 2.23 bits per heavy atom. The van der Waals surface area contributed by atoms with E-state index in [1.54, 1.807) is 0 Å². The maximum absolute atomic E-state index is 12.0. The van der Waals surface area contributed by atoms with E-state index in [2.05, 4.69) is 0 Å². The van der Waals surface area contributed by atoms with E-state index in [-0.39, 0.29) is 34.9 Å². The highest BCUT2D eigenvalue weighted by Crippen LogP contribution is 2.33. The number of benzene rings is 1. The Bertz CT molecular complexity index is 645. The van der Waals surface area contributed by atoms with E-state index in [9.17, 15) is 29.8 Å². The van der Waals surface area contributed by atoms with E-state index in [0.717, 1.165) is 30.0 Å². The van der Waals surface area contributed by atoms with Gasteiger partial charge in [0, 0.05) is 37.3 Å². The van der Waals surface area contributed by atoms with Gasteiger partial charge in [0.05, 0.1) is 21.6 Å². The molecule has 1 fully saturated rings. The molecule has 0 radical (unpaired) electrons. The molecule has 1 aliphatic heterocycles. The summed E-state index contributed by atoms with van der Waals surface area (Å²) in [7, 11) is 0. The van der Waals surface area contributed by atoms with E-state index < -0.39 is 21.2 Å². The summed E-state index contributed by atoms with van der Waals surface area (Å²) in [5.74, 6) is -0.325. The quantitative estimate of drug-likeness (QED) is 0.611. The molecule has 0 N–H and O–H groups in total. The molecule has 1 heterocycles. The van der Waals surface area contributed by atoms with Crippen LogP contribution in [0, 0.1) is 20.2 Å². The van der Waals surface area contributed by atoms with Crippen molar-refractivity contribution >= 4 is 39.8 Å². The largest absolute Gasteiger partial charge is 0.311 e. The highest BCUT2D eigenvalue weighted by atomic mass is 32.2. The second-order valence-electron chi connectivity index (χ2n) is 4.66. The molecule has 0 aliphatic carbocycles. The third-order valence-corrected chi connectivity index (χ3v) is 4.02. The molecular weight excluding hydrogens is 314 g/mol. The molecule has 116 valence electrons. The second-order valence-corrected chi connectivity index (χ2v) is 6.14. The van der Waals surface area contributed by atoms with Gasteiger partial charge in [0.25, 0.3) is 11.4 Å². The molecule has 1 unspecified atom stereocenters. The van der Waals surface area contributed by atoms with Gasteiger partial charge >= 0.3 is 0 Å². The summed E-state index contributed by atoms with van der Waals surface area (Å²) in [5.41, 5.74) is -0.822. The van der Waals surface area contributed by atoms with E-state index in [1.165, 1.54) is 11.8 Å². The lowest BCUT2D eigenvalue weighted by Crippen LogP contribution is -2.25. The first kappa shape index (κ1) is 15.9. The summed E-state index contributed by atoms with van der Waals surface area (Å²) in [6, 6.07) is 3.07. The maximum Gasteiger partial charge on any atom is 0.278 e. The molecular formula is C12H11N3O6S. The Kier molecular flexibility index (Phi) is 4.40. The minimum Gasteiger partial charge on any atom is -0.311 e. The van der Waals surface area contributed by atoms with Crippen molar-refractivity contribution < 1.29 is 19.4 Å². The molecule has 9 nitrogen and oxygen atoms in total. The van der Waals surface area contributed by atoms with Crippen molar-refractivity contribution in [3.05, 3.63) is 38.4 Å². The molecule has 2 rings (SSSR count). The summed E-state index contributed by atoms with van der Waals surface area (Å²) in [5, 5.41) is 21.3. The van der Waals surface area contributed by atoms with Gasteiger partial charge in [-0.05, 0) is 0 Å². The fourth-order valence-corrected chi connectivity index (χ4v) is 3.10. The fraction of sp³-hybridized carbons (Fsp3) is 0.333. The minimum atomic E-state index is -0.751. The van der Waals surface area contributed by atoms with Crippen LogP contribution in [-0.2, 0) is 9.59 Å². The predicted octanol–water partition coefficient (Wildman–Crippen LogP) is 1.89. The van der Waals surface area contributed by atoms with Gasteiger partial charge in [-0.3, -0.25) is 29.8 Å². The van der Waals surface area contributed by atoms with E-state index in [0.29, 0.717) is 0 Å². The second kappa shape index (κ2) is 6.10. The Hall–Kier alpha value is -2.49. The van der Waals surface area contributed by atoms with Gasteiger partial charge in [0.15, 0.2) is 5.12 Å².